The van der Waals surface area contributed by atoms with Crippen LogP contribution >= 0.6 is 0 Å². The second-order valence-electron chi connectivity index (χ2n) is 5.38. The predicted molar refractivity (Wildman–Crippen MR) is 86.1 cm³/mol. The highest BCUT2D eigenvalue weighted by atomic mass is 16.6. The van der Waals surface area contributed by atoms with Gasteiger partial charge in [0.15, 0.2) is 5.75 Å². The summed E-state index contributed by atoms with van der Waals surface area (Å²) in [6, 6.07) is 16.3. The fourth-order valence-electron chi connectivity index (χ4n) is 2.20. The fraction of sp³-hybridized carbons (Fsp3) is 0.294. The van der Waals surface area contributed by atoms with Crippen molar-refractivity contribution in [1.29, 1.82) is 0 Å². The lowest BCUT2D eigenvalue weighted by atomic mass is 10.0. The molecule has 0 saturated carbocycles. The van der Waals surface area contributed by atoms with Crippen LogP contribution < -0.4 is 4.74 Å². The molecule has 0 fully saturated rings. The first-order valence-electron chi connectivity index (χ1n) is 7.12. The summed E-state index contributed by atoms with van der Waals surface area (Å²) in [6.07, 6.45) is -0.294. The van der Waals surface area contributed by atoms with Crippen molar-refractivity contribution in [3.63, 3.8) is 0 Å². The highest BCUT2D eigenvalue weighted by Gasteiger charge is 2.26. The number of nitro groups is 1. The van der Waals surface area contributed by atoms with Gasteiger partial charge in [-0.2, -0.15) is 0 Å². The number of benzene rings is 2. The summed E-state index contributed by atoms with van der Waals surface area (Å²) < 4.78 is 6.03. The van der Waals surface area contributed by atoms with Crippen molar-refractivity contribution < 1.29 is 9.66 Å². The molecule has 5 heteroatoms. The Morgan fingerprint density at radius 3 is 2.23 bits per heavy atom. The molecular weight excluding hydrogens is 280 g/mol. The minimum absolute atomic E-state index is 0.0191. The number of hydrogen-bond acceptors (Lipinski definition) is 4. The summed E-state index contributed by atoms with van der Waals surface area (Å²) in [5.41, 5.74) is 0.969. The summed E-state index contributed by atoms with van der Waals surface area (Å²) >= 11 is 0. The quantitative estimate of drug-likeness (QED) is 0.603. The molecule has 5 nitrogen and oxygen atoms in total. The smallest absolute Gasteiger partial charge is 0.310 e. The summed E-state index contributed by atoms with van der Waals surface area (Å²) in [7, 11) is 3.92. The first-order valence-corrected chi connectivity index (χ1v) is 7.12. The average molecular weight is 300 g/mol. The highest BCUT2D eigenvalue weighted by Crippen LogP contribution is 2.32. The van der Waals surface area contributed by atoms with Crippen molar-refractivity contribution in [2.45, 2.75) is 19.1 Å². The van der Waals surface area contributed by atoms with E-state index in [1.54, 1.807) is 18.2 Å². The summed E-state index contributed by atoms with van der Waals surface area (Å²) in [5.74, 6) is 0.287. The van der Waals surface area contributed by atoms with Gasteiger partial charge in [-0.1, -0.05) is 42.5 Å². The van der Waals surface area contributed by atoms with Crippen LogP contribution in [0.1, 0.15) is 18.6 Å². The lowest BCUT2D eigenvalue weighted by molar-refractivity contribution is -0.386. The van der Waals surface area contributed by atoms with E-state index in [4.69, 9.17) is 4.74 Å². The van der Waals surface area contributed by atoms with Gasteiger partial charge in [-0.3, -0.25) is 10.1 Å². The third-order valence-electron chi connectivity index (χ3n) is 3.70. The molecule has 0 amide bonds. The second kappa shape index (κ2) is 7.04. The summed E-state index contributed by atoms with van der Waals surface area (Å²) in [4.78, 5) is 12.8. The number of para-hydroxylation sites is 2. The molecule has 1 unspecified atom stereocenters. The Labute approximate surface area is 130 Å². The predicted octanol–water partition coefficient (Wildman–Crippen LogP) is 3.67. The van der Waals surface area contributed by atoms with Gasteiger partial charge in [-0.15, -0.1) is 0 Å². The van der Waals surface area contributed by atoms with E-state index in [-0.39, 0.29) is 23.6 Å². The molecule has 0 heterocycles. The number of nitro benzene ring substituents is 1. The van der Waals surface area contributed by atoms with Gasteiger partial charge in [0.05, 0.1) is 4.92 Å². The normalized spacial score (nSPS) is 13.6. The van der Waals surface area contributed by atoms with Gasteiger partial charge < -0.3 is 9.64 Å². The maximum atomic E-state index is 11.2. The van der Waals surface area contributed by atoms with Crippen molar-refractivity contribution in [3.05, 3.63) is 70.3 Å². The maximum Gasteiger partial charge on any atom is 0.310 e. The Morgan fingerprint density at radius 1 is 1.05 bits per heavy atom. The molecule has 2 atom stereocenters. The van der Waals surface area contributed by atoms with E-state index in [0.29, 0.717) is 0 Å². The van der Waals surface area contributed by atoms with Gasteiger partial charge in [0, 0.05) is 12.1 Å². The first-order chi connectivity index (χ1) is 10.5. The third kappa shape index (κ3) is 3.62. The largest absolute Gasteiger partial charge is 0.477 e. The molecule has 0 bridgehead atoms. The topological polar surface area (TPSA) is 55.6 Å². The summed E-state index contributed by atoms with van der Waals surface area (Å²) in [6.45, 7) is 2.03. The number of hydrogen-bond donors (Lipinski definition) is 0. The van der Waals surface area contributed by atoms with Crippen molar-refractivity contribution in [1.82, 2.24) is 4.90 Å². The molecule has 0 aromatic heterocycles. The van der Waals surface area contributed by atoms with Crippen LogP contribution in [0.25, 0.3) is 0 Å². The van der Waals surface area contributed by atoms with E-state index in [9.17, 15) is 10.1 Å². The standard InChI is InChI=1S/C17H20N2O3/c1-13(18(2)3)17(14-9-5-4-6-10-14)22-16-12-8-7-11-15(16)19(20)21/h4-13,17H,1-3H3/t13-,17?/m1/s1. The second-order valence-corrected chi connectivity index (χ2v) is 5.38. The zero-order valence-corrected chi connectivity index (χ0v) is 13.0. The van der Waals surface area contributed by atoms with Crippen molar-refractivity contribution in [2.75, 3.05) is 14.1 Å². The third-order valence-corrected chi connectivity index (χ3v) is 3.70. The highest BCUT2D eigenvalue weighted by molar-refractivity contribution is 5.46. The monoisotopic (exact) mass is 300 g/mol. The molecule has 2 aromatic carbocycles. The molecule has 2 rings (SSSR count). The van der Waals surface area contributed by atoms with Crippen LogP contribution in [0.4, 0.5) is 5.69 Å². The summed E-state index contributed by atoms with van der Waals surface area (Å²) in [5, 5.41) is 11.2. The SMILES string of the molecule is C[C@H](C(Oc1ccccc1[N+](=O)[O-])c1ccccc1)N(C)C. The van der Waals surface area contributed by atoms with E-state index in [1.807, 2.05) is 56.3 Å². The Kier molecular flexibility index (Phi) is 5.12. The first kappa shape index (κ1) is 16.0. The van der Waals surface area contributed by atoms with Gasteiger partial charge in [-0.25, -0.2) is 0 Å². The van der Waals surface area contributed by atoms with E-state index >= 15 is 0 Å². The van der Waals surface area contributed by atoms with Gasteiger partial charge in [0.2, 0.25) is 0 Å². The van der Waals surface area contributed by atoms with Crippen LogP contribution in [-0.4, -0.2) is 30.0 Å². The van der Waals surface area contributed by atoms with Crippen molar-refractivity contribution >= 4 is 5.69 Å². The molecule has 0 spiro atoms. The number of nitrogens with zero attached hydrogens (tertiary/aromatic N) is 2. The molecule has 22 heavy (non-hydrogen) atoms. The van der Waals surface area contributed by atoms with E-state index in [0.717, 1.165) is 5.56 Å². The van der Waals surface area contributed by atoms with Crippen LogP contribution in [0, 0.1) is 10.1 Å². The Bertz CT molecular complexity index is 629. The van der Waals surface area contributed by atoms with Gasteiger partial charge >= 0.3 is 5.69 Å². The number of rotatable bonds is 6. The van der Waals surface area contributed by atoms with Crippen LogP contribution in [-0.2, 0) is 0 Å². The molecule has 0 N–H and O–H groups in total. The molecule has 0 aliphatic rings. The zero-order chi connectivity index (χ0) is 16.1. The van der Waals surface area contributed by atoms with Crippen molar-refractivity contribution in [3.8, 4) is 5.75 Å². The molecule has 0 aliphatic carbocycles. The molecule has 2 aromatic rings. The average Bonchev–Trinajstić information content (AvgIpc) is 2.53. The minimum atomic E-state index is -0.419. The molecule has 0 radical (unpaired) electrons. The van der Waals surface area contributed by atoms with Gasteiger partial charge in [0.1, 0.15) is 6.10 Å². The lowest BCUT2D eigenvalue weighted by Crippen LogP contribution is -2.34. The Hall–Kier alpha value is -2.40. The molecule has 0 saturated heterocycles. The van der Waals surface area contributed by atoms with Crippen LogP contribution in [0.15, 0.2) is 54.6 Å². The zero-order valence-electron chi connectivity index (χ0n) is 13.0. The number of ether oxygens (including phenoxy) is 1. The fourth-order valence-corrected chi connectivity index (χ4v) is 2.20. The van der Waals surface area contributed by atoms with Gasteiger partial charge in [-0.05, 0) is 32.6 Å². The van der Waals surface area contributed by atoms with E-state index in [2.05, 4.69) is 0 Å². The molecule has 116 valence electrons. The lowest BCUT2D eigenvalue weighted by Gasteiger charge is -2.30. The Morgan fingerprint density at radius 2 is 1.64 bits per heavy atom. The van der Waals surface area contributed by atoms with E-state index < -0.39 is 4.92 Å². The minimum Gasteiger partial charge on any atom is -0.477 e. The number of likely N-dealkylation sites (N-methyl/N-ethyl adjacent to an activating group) is 1. The molecule has 0 aliphatic heterocycles. The van der Waals surface area contributed by atoms with Crippen molar-refractivity contribution in [2.24, 2.45) is 0 Å². The molecular formula is C17H20N2O3. The van der Waals surface area contributed by atoms with Crippen LogP contribution in [0.5, 0.6) is 5.75 Å². The van der Waals surface area contributed by atoms with Crippen LogP contribution in [0.2, 0.25) is 0 Å². The maximum absolute atomic E-state index is 11.2. The van der Waals surface area contributed by atoms with Crippen LogP contribution in [0.3, 0.4) is 0 Å². The van der Waals surface area contributed by atoms with E-state index in [1.165, 1.54) is 6.07 Å². The van der Waals surface area contributed by atoms with Gasteiger partial charge in [0.25, 0.3) is 0 Å². The Balaban J connectivity index is 2.38.